The zero-order valence-corrected chi connectivity index (χ0v) is 12.6. The van der Waals surface area contributed by atoms with Gasteiger partial charge in [-0.2, -0.15) is 0 Å². The fraction of sp³-hybridized carbons (Fsp3) is 0.400. The van der Waals surface area contributed by atoms with Gasteiger partial charge in [0.05, 0.1) is 23.2 Å². The molecule has 0 aliphatic rings. The van der Waals surface area contributed by atoms with E-state index in [-0.39, 0.29) is 28.9 Å². The Balaban J connectivity index is 2.98. The van der Waals surface area contributed by atoms with E-state index in [9.17, 15) is 13.6 Å². The molecule has 1 rings (SSSR count). The Morgan fingerprint density at radius 3 is 2.82 bits per heavy atom. The summed E-state index contributed by atoms with van der Waals surface area (Å²) < 4.78 is 30.9. The van der Waals surface area contributed by atoms with Crippen molar-refractivity contribution in [3.05, 3.63) is 25.5 Å². The first-order valence-corrected chi connectivity index (χ1v) is 6.61. The lowest BCUT2D eigenvalue weighted by atomic mass is 10.2. The van der Waals surface area contributed by atoms with E-state index in [1.54, 1.807) is 13.0 Å². The third-order valence-corrected chi connectivity index (χ3v) is 4.25. The molecule has 0 atom stereocenters. The van der Waals surface area contributed by atoms with E-state index in [0.29, 0.717) is 3.57 Å². The average molecular weight is 420 g/mol. The monoisotopic (exact) mass is 419 g/mol. The number of hydrogen-bond donors (Lipinski definition) is 0. The molecule has 7 heteroatoms. The zero-order valence-electron chi connectivity index (χ0n) is 8.84. The van der Waals surface area contributed by atoms with Gasteiger partial charge in [0.2, 0.25) is 0 Å². The fourth-order valence-corrected chi connectivity index (χ4v) is 2.18. The molecule has 1 heterocycles. The summed E-state index contributed by atoms with van der Waals surface area (Å²) >= 11 is 4.95. The Morgan fingerprint density at radius 1 is 1.65 bits per heavy atom. The Kier molecular flexibility index (Phi) is 5.71. The summed E-state index contributed by atoms with van der Waals surface area (Å²) in [7, 11) is 0. The van der Waals surface area contributed by atoms with Crippen LogP contribution in [0.2, 0.25) is 0 Å². The normalized spacial score (nSPS) is 10.7. The molecule has 0 unspecified atom stereocenters. The van der Waals surface area contributed by atoms with Crippen LogP contribution in [-0.2, 0) is 16.0 Å². The lowest BCUT2D eigenvalue weighted by Crippen LogP contribution is -2.10. The van der Waals surface area contributed by atoms with Gasteiger partial charge >= 0.3 is 5.97 Å². The number of halogens is 4. The van der Waals surface area contributed by atoms with E-state index < -0.39 is 12.4 Å². The number of alkyl halides is 2. The van der Waals surface area contributed by atoms with E-state index in [1.165, 1.54) is 0 Å². The van der Waals surface area contributed by atoms with Gasteiger partial charge in [0.1, 0.15) is 5.69 Å². The molecular formula is C10H9BrF2INO2. The van der Waals surface area contributed by atoms with Crippen LogP contribution in [-0.4, -0.2) is 17.6 Å². The van der Waals surface area contributed by atoms with Crippen LogP contribution in [0.25, 0.3) is 0 Å². The van der Waals surface area contributed by atoms with Gasteiger partial charge in [0.15, 0.2) is 0 Å². The fourth-order valence-electron chi connectivity index (χ4n) is 1.16. The van der Waals surface area contributed by atoms with Crippen molar-refractivity contribution in [2.24, 2.45) is 0 Å². The number of hydrogen-bond acceptors (Lipinski definition) is 3. The summed E-state index contributed by atoms with van der Waals surface area (Å²) in [5.41, 5.74) is -0.0671. The lowest BCUT2D eigenvalue weighted by molar-refractivity contribution is -0.142. The van der Waals surface area contributed by atoms with Crippen LogP contribution in [0.4, 0.5) is 8.78 Å². The largest absolute Gasteiger partial charge is 0.466 e. The van der Waals surface area contributed by atoms with Crippen LogP contribution in [0.3, 0.4) is 0 Å². The molecule has 0 aliphatic carbocycles. The number of rotatable bonds is 4. The topological polar surface area (TPSA) is 39.2 Å². The van der Waals surface area contributed by atoms with Gasteiger partial charge in [-0.1, -0.05) is 0 Å². The van der Waals surface area contributed by atoms with Crippen molar-refractivity contribution < 1.29 is 18.3 Å². The molecule has 94 valence electrons. The quantitative estimate of drug-likeness (QED) is 0.554. The second kappa shape index (κ2) is 6.58. The van der Waals surface area contributed by atoms with Gasteiger partial charge < -0.3 is 4.74 Å². The number of nitrogens with zero attached hydrogens (tertiary/aromatic N) is 1. The molecule has 0 aromatic carbocycles. The Morgan fingerprint density at radius 2 is 2.29 bits per heavy atom. The van der Waals surface area contributed by atoms with Gasteiger partial charge in [0, 0.05) is 3.57 Å². The molecule has 1 aromatic rings. The first kappa shape index (κ1) is 14.7. The highest BCUT2D eigenvalue weighted by Gasteiger charge is 2.18. The van der Waals surface area contributed by atoms with E-state index in [0.717, 1.165) is 0 Å². The average Bonchev–Trinajstić information content (AvgIpc) is 2.23. The minimum atomic E-state index is -2.68. The van der Waals surface area contributed by atoms with Crippen LogP contribution in [0.1, 0.15) is 24.7 Å². The molecule has 0 spiro atoms. The molecule has 0 saturated carbocycles. The molecule has 0 saturated heterocycles. The maximum atomic E-state index is 12.7. The number of ether oxygens (including phenoxy) is 1. The molecule has 0 amide bonds. The lowest BCUT2D eigenvalue weighted by Gasteiger charge is -2.08. The Bertz CT molecular complexity index is 429. The summed E-state index contributed by atoms with van der Waals surface area (Å²) in [5, 5.41) is 0. The van der Waals surface area contributed by atoms with E-state index in [2.05, 4.69) is 20.9 Å². The van der Waals surface area contributed by atoms with Gasteiger partial charge in [-0.3, -0.25) is 4.79 Å². The third kappa shape index (κ3) is 4.13. The number of carbonyl (C=O) groups is 1. The molecule has 0 fully saturated rings. The van der Waals surface area contributed by atoms with E-state index in [4.69, 9.17) is 4.74 Å². The van der Waals surface area contributed by atoms with Crippen molar-refractivity contribution in [3.8, 4) is 0 Å². The van der Waals surface area contributed by atoms with Crippen LogP contribution in [0, 0.1) is 3.57 Å². The highest BCUT2D eigenvalue weighted by molar-refractivity contribution is 14.1. The summed E-state index contributed by atoms with van der Waals surface area (Å²) in [4.78, 5) is 15.0. The first-order valence-electron chi connectivity index (χ1n) is 4.74. The van der Waals surface area contributed by atoms with E-state index >= 15 is 0 Å². The summed E-state index contributed by atoms with van der Waals surface area (Å²) in [6.07, 6.45) is -2.78. The molecular weight excluding hydrogens is 411 g/mol. The number of esters is 1. The van der Waals surface area contributed by atoms with Crippen molar-refractivity contribution in [1.29, 1.82) is 0 Å². The highest BCUT2D eigenvalue weighted by atomic mass is 127. The van der Waals surface area contributed by atoms with Gasteiger partial charge in [-0.15, -0.1) is 0 Å². The summed E-state index contributed by atoms with van der Waals surface area (Å²) in [6, 6.07) is 1.58. The molecule has 1 aromatic heterocycles. The SMILES string of the molecule is CCOC(=O)Cc1cc(I)c(Br)c(C(F)F)n1. The molecule has 0 N–H and O–H groups in total. The van der Waals surface area contributed by atoms with Gasteiger partial charge in [0.25, 0.3) is 6.43 Å². The smallest absolute Gasteiger partial charge is 0.311 e. The van der Waals surface area contributed by atoms with Crippen molar-refractivity contribution in [2.75, 3.05) is 6.61 Å². The van der Waals surface area contributed by atoms with Crippen LogP contribution in [0.15, 0.2) is 10.5 Å². The number of pyridine rings is 1. The highest BCUT2D eigenvalue weighted by Crippen LogP contribution is 2.30. The first-order chi connectivity index (χ1) is 7.95. The van der Waals surface area contributed by atoms with E-state index in [1.807, 2.05) is 22.6 Å². The molecule has 17 heavy (non-hydrogen) atoms. The summed E-state index contributed by atoms with van der Waals surface area (Å²) in [6.45, 7) is 1.94. The Hall–Kier alpha value is -0.310. The van der Waals surface area contributed by atoms with Crippen LogP contribution in [0.5, 0.6) is 0 Å². The third-order valence-electron chi connectivity index (χ3n) is 1.83. The van der Waals surface area contributed by atoms with Crippen molar-refractivity contribution in [1.82, 2.24) is 4.98 Å². The second-order valence-electron chi connectivity index (χ2n) is 3.08. The molecule has 0 radical (unpaired) electrons. The van der Waals surface area contributed by atoms with Crippen LogP contribution >= 0.6 is 38.5 Å². The minimum absolute atomic E-state index is 0.100. The van der Waals surface area contributed by atoms with Crippen molar-refractivity contribution in [3.63, 3.8) is 0 Å². The summed E-state index contributed by atoms with van der Waals surface area (Å²) in [5.74, 6) is -0.474. The zero-order chi connectivity index (χ0) is 13.0. The molecule has 3 nitrogen and oxygen atoms in total. The predicted molar refractivity (Wildman–Crippen MR) is 69.9 cm³/mol. The Labute approximate surface area is 119 Å². The van der Waals surface area contributed by atoms with Gasteiger partial charge in [-0.25, -0.2) is 13.8 Å². The standard InChI is InChI=1S/C10H9BrF2INO2/c1-2-17-7(16)4-5-3-6(14)8(11)9(15-5)10(12)13/h3,10H,2,4H2,1H3. The molecule has 0 aliphatic heterocycles. The van der Waals surface area contributed by atoms with Crippen molar-refractivity contribution >= 4 is 44.5 Å². The number of carbonyl (C=O) groups excluding carboxylic acids is 1. The second-order valence-corrected chi connectivity index (χ2v) is 5.03. The van der Waals surface area contributed by atoms with Gasteiger partial charge in [-0.05, 0) is 51.5 Å². The van der Waals surface area contributed by atoms with Crippen molar-refractivity contribution in [2.45, 2.75) is 19.8 Å². The van der Waals surface area contributed by atoms with Crippen LogP contribution < -0.4 is 0 Å². The molecule has 0 bridgehead atoms. The maximum Gasteiger partial charge on any atom is 0.311 e. The predicted octanol–water partition coefficient (Wildman–Crippen LogP) is 3.49. The maximum absolute atomic E-state index is 12.7. The minimum Gasteiger partial charge on any atom is -0.466 e. The number of aromatic nitrogens is 1.